The van der Waals surface area contributed by atoms with Crippen LogP contribution in [0.25, 0.3) is 10.9 Å². The van der Waals surface area contributed by atoms with E-state index >= 15 is 0 Å². The zero-order valence-electron chi connectivity index (χ0n) is 8.52. The van der Waals surface area contributed by atoms with E-state index in [9.17, 15) is 9.59 Å². The van der Waals surface area contributed by atoms with Crippen LogP contribution in [-0.4, -0.2) is 23.8 Å². The Morgan fingerprint density at radius 2 is 1.87 bits per heavy atom. The molecule has 0 bridgehead atoms. The highest BCUT2D eigenvalue weighted by Gasteiger charge is 2.07. The molecule has 1 heterocycles. The van der Waals surface area contributed by atoms with E-state index in [1.807, 2.05) is 0 Å². The molecule has 0 saturated carbocycles. The fourth-order valence-corrected chi connectivity index (χ4v) is 1.52. The van der Waals surface area contributed by atoms with Crippen LogP contribution in [0.4, 0.5) is 0 Å². The van der Waals surface area contributed by atoms with Gasteiger partial charge in [0.25, 0.3) is 5.56 Å². The predicted molar refractivity (Wildman–Crippen MR) is 58.9 cm³/mol. The Hall–Kier alpha value is -2.04. The third kappa shape index (κ3) is 1.41. The fraction of sp³-hybridized carbons (Fsp3) is 0.200. The molecule has 15 heavy (non-hydrogen) atoms. The normalized spacial score (nSPS) is 10.5. The first-order valence-electron chi connectivity index (χ1n) is 4.53. The maximum absolute atomic E-state index is 11.9. The van der Waals surface area contributed by atoms with Crippen LogP contribution in [0, 0.1) is 0 Å². The average molecular weight is 205 g/mol. The molecule has 5 nitrogen and oxygen atoms in total. The summed E-state index contributed by atoms with van der Waals surface area (Å²) in [6.07, 6.45) is 0. The summed E-state index contributed by atoms with van der Waals surface area (Å²) in [6.45, 7) is 0. The minimum Gasteiger partial charge on any atom is -0.312 e. The molecule has 2 rings (SSSR count). The fourth-order valence-electron chi connectivity index (χ4n) is 1.52. The zero-order chi connectivity index (χ0) is 11.0. The smallest absolute Gasteiger partial charge is 0.312 e. The van der Waals surface area contributed by atoms with Gasteiger partial charge in [-0.15, -0.1) is 0 Å². The van der Waals surface area contributed by atoms with Crippen molar-refractivity contribution in [1.29, 1.82) is 0 Å². The van der Waals surface area contributed by atoms with Gasteiger partial charge in [0, 0.05) is 14.1 Å². The molecule has 0 spiro atoms. The molecule has 0 unspecified atom stereocenters. The Bertz CT molecular complexity index is 610. The van der Waals surface area contributed by atoms with Crippen molar-refractivity contribution in [2.75, 3.05) is 19.1 Å². The van der Waals surface area contributed by atoms with E-state index in [0.717, 1.165) is 4.68 Å². The summed E-state index contributed by atoms with van der Waals surface area (Å²) in [4.78, 5) is 26.1. The van der Waals surface area contributed by atoms with Crippen molar-refractivity contribution in [2.24, 2.45) is 0 Å². The second-order valence-electron chi connectivity index (χ2n) is 3.44. The Morgan fingerprint density at radius 1 is 1.20 bits per heavy atom. The molecule has 0 amide bonds. The van der Waals surface area contributed by atoms with E-state index in [4.69, 9.17) is 0 Å². The molecule has 0 atom stereocenters. The highest BCUT2D eigenvalue weighted by Crippen LogP contribution is 2.02. The zero-order valence-corrected chi connectivity index (χ0v) is 8.52. The molecule has 0 aliphatic heterocycles. The van der Waals surface area contributed by atoms with Crippen molar-refractivity contribution in [3.8, 4) is 0 Å². The van der Waals surface area contributed by atoms with Gasteiger partial charge in [0.1, 0.15) is 0 Å². The van der Waals surface area contributed by atoms with Crippen LogP contribution < -0.4 is 16.3 Å². The van der Waals surface area contributed by atoms with E-state index < -0.39 is 5.69 Å². The average Bonchev–Trinajstić information content (AvgIpc) is 2.17. The molecule has 0 fully saturated rings. The monoisotopic (exact) mass is 205 g/mol. The number of fused-ring (bicyclic) bond motifs is 1. The molecule has 2 aromatic rings. The van der Waals surface area contributed by atoms with Crippen molar-refractivity contribution >= 4 is 10.9 Å². The number of nitrogens with zero attached hydrogens (tertiary/aromatic N) is 2. The molecule has 0 aliphatic carbocycles. The lowest BCUT2D eigenvalue weighted by Gasteiger charge is -2.14. The van der Waals surface area contributed by atoms with Crippen LogP contribution in [0.5, 0.6) is 0 Å². The number of para-hydroxylation sites is 1. The van der Waals surface area contributed by atoms with Gasteiger partial charge in [-0.1, -0.05) is 12.1 Å². The first kappa shape index (κ1) is 9.51. The van der Waals surface area contributed by atoms with Gasteiger partial charge in [0.05, 0.1) is 10.9 Å². The number of hydrogen-bond acceptors (Lipinski definition) is 3. The molecule has 1 N–H and O–H groups in total. The molecule has 1 aromatic carbocycles. The minimum atomic E-state index is -0.427. The van der Waals surface area contributed by atoms with Gasteiger partial charge in [-0.3, -0.25) is 4.79 Å². The molecule has 0 saturated heterocycles. The molecule has 0 radical (unpaired) electrons. The summed E-state index contributed by atoms with van der Waals surface area (Å²) in [7, 11) is 3.29. The Balaban J connectivity index is 2.97. The maximum atomic E-state index is 11.9. The first-order valence-corrected chi connectivity index (χ1v) is 4.53. The van der Waals surface area contributed by atoms with Gasteiger partial charge >= 0.3 is 5.69 Å². The number of nitrogens with one attached hydrogen (secondary N) is 1. The van der Waals surface area contributed by atoms with Crippen LogP contribution in [0.1, 0.15) is 0 Å². The molecule has 0 aliphatic rings. The molecule has 78 valence electrons. The van der Waals surface area contributed by atoms with E-state index in [0.29, 0.717) is 10.9 Å². The standard InChI is InChI=1S/C10H11N3O2/c1-12(2)13-9(14)7-5-3-4-6-8(7)11-10(13)15/h3-6H,1-2H3,(H,11,15). The SMILES string of the molecule is CN(C)n1c(=O)[nH]c2ccccc2c1=O. The summed E-state index contributed by atoms with van der Waals surface area (Å²) >= 11 is 0. The molecular weight excluding hydrogens is 194 g/mol. The van der Waals surface area contributed by atoms with Gasteiger partial charge in [-0.05, 0) is 12.1 Å². The van der Waals surface area contributed by atoms with Crippen molar-refractivity contribution in [1.82, 2.24) is 9.66 Å². The van der Waals surface area contributed by atoms with Crippen LogP contribution >= 0.6 is 0 Å². The van der Waals surface area contributed by atoms with Gasteiger partial charge < -0.3 is 9.99 Å². The minimum absolute atomic E-state index is 0.306. The summed E-state index contributed by atoms with van der Waals surface area (Å²) in [6, 6.07) is 6.94. The lowest BCUT2D eigenvalue weighted by molar-refractivity contribution is 0.662. The Morgan fingerprint density at radius 3 is 2.53 bits per heavy atom. The number of hydrogen-bond donors (Lipinski definition) is 1. The van der Waals surface area contributed by atoms with Crippen LogP contribution in [0.15, 0.2) is 33.9 Å². The topological polar surface area (TPSA) is 58.1 Å². The summed E-state index contributed by atoms with van der Waals surface area (Å²) in [5.74, 6) is 0. The van der Waals surface area contributed by atoms with Crippen molar-refractivity contribution < 1.29 is 0 Å². The number of aromatic amines is 1. The van der Waals surface area contributed by atoms with Gasteiger partial charge in [-0.2, -0.15) is 4.68 Å². The second kappa shape index (κ2) is 3.27. The highest BCUT2D eigenvalue weighted by atomic mass is 16.2. The highest BCUT2D eigenvalue weighted by molar-refractivity contribution is 5.76. The van der Waals surface area contributed by atoms with Crippen LogP contribution in [0.3, 0.4) is 0 Å². The number of H-pyrrole nitrogens is 1. The van der Waals surface area contributed by atoms with Gasteiger partial charge in [0.15, 0.2) is 0 Å². The van der Waals surface area contributed by atoms with Crippen LogP contribution in [0.2, 0.25) is 0 Å². The molecular formula is C10H11N3O2. The lowest BCUT2D eigenvalue weighted by atomic mass is 10.2. The van der Waals surface area contributed by atoms with Crippen LogP contribution in [-0.2, 0) is 0 Å². The van der Waals surface area contributed by atoms with Gasteiger partial charge in [0.2, 0.25) is 0 Å². The summed E-state index contributed by atoms with van der Waals surface area (Å²) < 4.78 is 1.06. The first-order chi connectivity index (χ1) is 7.11. The third-order valence-electron chi connectivity index (χ3n) is 2.18. The van der Waals surface area contributed by atoms with E-state index in [-0.39, 0.29) is 5.56 Å². The van der Waals surface area contributed by atoms with E-state index in [1.54, 1.807) is 38.4 Å². The van der Waals surface area contributed by atoms with Crippen molar-refractivity contribution in [2.45, 2.75) is 0 Å². The third-order valence-corrected chi connectivity index (χ3v) is 2.18. The van der Waals surface area contributed by atoms with Crippen molar-refractivity contribution in [3.63, 3.8) is 0 Å². The maximum Gasteiger partial charge on any atom is 0.347 e. The number of aromatic nitrogens is 2. The lowest BCUT2D eigenvalue weighted by Crippen LogP contribution is -2.46. The summed E-state index contributed by atoms with van der Waals surface area (Å²) in [5, 5.41) is 1.96. The Labute approximate surface area is 85.5 Å². The number of rotatable bonds is 1. The van der Waals surface area contributed by atoms with Gasteiger partial charge in [-0.25, -0.2) is 4.79 Å². The molecule has 1 aromatic heterocycles. The Kier molecular flexibility index (Phi) is 2.07. The molecule has 5 heteroatoms. The van der Waals surface area contributed by atoms with Crippen molar-refractivity contribution in [3.05, 3.63) is 45.1 Å². The van der Waals surface area contributed by atoms with E-state index in [2.05, 4.69) is 4.98 Å². The van der Waals surface area contributed by atoms with E-state index in [1.165, 1.54) is 5.01 Å². The second-order valence-corrected chi connectivity index (χ2v) is 3.44. The largest absolute Gasteiger partial charge is 0.347 e. The summed E-state index contributed by atoms with van der Waals surface area (Å²) in [5.41, 5.74) is -0.173. The number of benzene rings is 1. The quantitative estimate of drug-likeness (QED) is 0.706. The predicted octanol–water partition coefficient (Wildman–Crippen LogP) is -0.113.